The molecular formula is C32H47F3N2O2. The van der Waals surface area contributed by atoms with Crippen molar-refractivity contribution in [2.75, 3.05) is 13.1 Å². The van der Waals surface area contributed by atoms with Gasteiger partial charge in [0.25, 0.3) is 0 Å². The maximum atomic E-state index is 12.9. The number of aliphatic hydroxyl groups excluding tert-OH is 1. The van der Waals surface area contributed by atoms with Crippen molar-refractivity contribution < 1.29 is 23.1 Å². The number of nitrogens with one attached hydrogen (secondary N) is 1. The summed E-state index contributed by atoms with van der Waals surface area (Å²) < 4.78 is 38.6. The average Bonchev–Trinajstić information content (AvgIpc) is 3.25. The molecule has 1 aliphatic heterocycles. The third-order valence-corrected chi connectivity index (χ3v) is 7.22. The van der Waals surface area contributed by atoms with Crippen LogP contribution < -0.4 is 5.32 Å². The number of benzene rings is 1. The summed E-state index contributed by atoms with van der Waals surface area (Å²) >= 11 is 0. The summed E-state index contributed by atoms with van der Waals surface area (Å²) in [6, 6.07) is 5.59. The van der Waals surface area contributed by atoms with Gasteiger partial charge in [0.05, 0.1) is 5.56 Å². The van der Waals surface area contributed by atoms with Crippen molar-refractivity contribution in [1.82, 2.24) is 10.2 Å². The van der Waals surface area contributed by atoms with Crippen LogP contribution in [0.5, 0.6) is 0 Å². The van der Waals surface area contributed by atoms with Gasteiger partial charge in [0.2, 0.25) is 5.91 Å². The number of rotatable bonds is 9. The van der Waals surface area contributed by atoms with E-state index in [0.29, 0.717) is 23.9 Å². The number of hydrogen-bond acceptors (Lipinski definition) is 3. The lowest BCUT2D eigenvalue weighted by Gasteiger charge is -2.30. The second-order valence-corrected chi connectivity index (χ2v) is 10.9. The molecule has 1 fully saturated rings. The van der Waals surface area contributed by atoms with Gasteiger partial charge < -0.3 is 15.3 Å². The number of amides is 1. The number of carbonyl (C=O) groups is 1. The van der Waals surface area contributed by atoms with E-state index in [4.69, 9.17) is 5.11 Å². The molecule has 1 saturated heterocycles. The van der Waals surface area contributed by atoms with Crippen LogP contribution in [-0.2, 0) is 17.5 Å². The molecule has 2 atom stereocenters. The van der Waals surface area contributed by atoms with Crippen molar-refractivity contribution in [3.8, 4) is 0 Å². The first kappa shape index (κ1) is 32.8. The van der Waals surface area contributed by atoms with Crippen molar-refractivity contribution >= 4 is 5.91 Å². The molecule has 218 valence electrons. The Labute approximate surface area is 233 Å². The number of likely N-dealkylation sites (tertiary alicyclic amines) is 1. The van der Waals surface area contributed by atoms with Crippen molar-refractivity contribution in [2.24, 2.45) is 5.92 Å². The van der Waals surface area contributed by atoms with Crippen LogP contribution in [0, 0.1) is 5.92 Å². The van der Waals surface area contributed by atoms with Crippen LogP contribution in [-0.4, -0.2) is 41.1 Å². The molecule has 1 unspecified atom stereocenters. The maximum absolute atomic E-state index is 12.9. The third-order valence-electron chi connectivity index (χ3n) is 7.22. The molecule has 1 aliphatic carbocycles. The Morgan fingerprint density at radius 1 is 1.21 bits per heavy atom. The highest BCUT2D eigenvalue weighted by Crippen LogP contribution is 2.31. The molecule has 2 N–H and O–H groups in total. The molecule has 1 heterocycles. The smallest absolute Gasteiger partial charge is 0.394 e. The summed E-state index contributed by atoms with van der Waals surface area (Å²) in [6.45, 7) is 10.1. The fourth-order valence-electron chi connectivity index (χ4n) is 5.25. The number of halogens is 3. The van der Waals surface area contributed by atoms with Crippen molar-refractivity contribution in [2.45, 2.75) is 104 Å². The molecule has 1 aromatic rings. The molecule has 0 aromatic heterocycles. The molecule has 2 aliphatic rings. The predicted octanol–water partition coefficient (Wildman–Crippen LogP) is 7.59. The van der Waals surface area contributed by atoms with Gasteiger partial charge in [-0.05, 0) is 102 Å². The second-order valence-electron chi connectivity index (χ2n) is 10.9. The number of carbonyl (C=O) groups excluding carboxylic acids is 1. The lowest BCUT2D eigenvalue weighted by Crippen LogP contribution is -2.36. The molecular weight excluding hydrogens is 501 g/mol. The predicted molar refractivity (Wildman–Crippen MR) is 153 cm³/mol. The third kappa shape index (κ3) is 12.6. The zero-order valence-corrected chi connectivity index (χ0v) is 24.1. The minimum Gasteiger partial charge on any atom is -0.394 e. The molecule has 0 bridgehead atoms. The Bertz CT molecular complexity index is 979. The SMILES string of the molecule is CC(C)O.CC[C@@H](CCCC(=O)NCc1cccc(C(F)(F)F)c1)N1CCCC(C2=CC(C)=CC=CC2)CC1. The molecule has 3 rings (SSSR count). The van der Waals surface area contributed by atoms with E-state index in [1.807, 2.05) is 0 Å². The van der Waals surface area contributed by atoms with Crippen LogP contribution in [0.25, 0.3) is 0 Å². The van der Waals surface area contributed by atoms with Gasteiger partial charge in [-0.25, -0.2) is 0 Å². The van der Waals surface area contributed by atoms with Gasteiger partial charge in [-0.3, -0.25) is 4.79 Å². The maximum Gasteiger partial charge on any atom is 0.416 e. The Morgan fingerprint density at radius 2 is 1.95 bits per heavy atom. The number of allylic oxidation sites excluding steroid dienone is 6. The van der Waals surface area contributed by atoms with Gasteiger partial charge in [-0.1, -0.05) is 54.5 Å². The van der Waals surface area contributed by atoms with Gasteiger partial charge in [-0.2, -0.15) is 13.2 Å². The molecule has 4 nitrogen and oxygen atoms in total. The fourth-order valence-corrected chi connectivity index (χ4v) is 5.25. The quantitative estimate of drug-likeness (QED) is 0.334. The monoisotopic (exact) mass is 548 g/mol. The molecule has 0 radical (unpaired) electrons. The minimum absolute atomic E-state index is 0.107. The molecule has 0 saturated carbocycles. The fraction of sp³-hybridized carbons (Fsp3) is 0.594. The first-order chi connectivity index (χ1) is 18.5. The van der Waals surface area contributed by atoms with E-state index in [1.54, 1.807) is 25.5 Å². The summed E-state index contributed by atoms with van der Waals surface area (Å²) in [5.74, 6) is 0.537. The van der Waals surface area contributed by atoms with E-state index < -0.39 is 11.7 Å². The first-order valence-electron chi connectivity index (χ1n) is 14.4. The van der Waals surface area contributed by atoms with Crippen LogP contribution in [0.15, 0.2) is 59.7 Å². The van der Waals surface area contributed by atoms with Gasteiger partial charge in [0, 0.05) is 25.1 Å². The number of alkyl halides is 3. The van der Waals surface area contributed by atoms with Gasteiger partial charge in [0.15, 0.2) is 0 Å². The molecule has 0 spiro atoms. The van der Waals surface area contributed by atoms with E-state index in [9.17, 15) is 18.0 Å². The lowest BCUT2D eigenvalue weighted by molar-refractivity contribution is -0.137. The van der Waals surface area contributed by atoms with Crippen LogP contribution >= 0.6 is 0 Å². The Morgan fingerprint density at radius 3 is 2.64 bits per heavy atom. The largest absolute Gasteiger partial charge is 0.416 e. The van der Waals surface area contributed by atoms with E-state index in [1.165, 1.54) is 30.9 Å². The highest BCUT2D eigenvalue weighted by atomic mass is 19.4. The van der Waals surface area contributed by atoms with Crippen LogP contribution in [0.2, 0.25) is 0 Å². The van der Waals surface area contributed by atoms with E-state index >= 15 is 0 Å². The summed E-state index contributed by atoms with van der Waals surface area (Å²) in [6.07, 6.45) is 12.3. The van der Waals surface area contributed by atoms with Crippen LogP contribution in [0.1, 0.15) is 90.2 Å². The summed E-state index contributed by atoms with van der Waals surface area (Å²) in [5.41, 5.74) is 2.66. The van der Waals surface area contributed by atoms with Crippen molar-refractivity contribution in [3.63, 3.8) is 0 Å². The summed E-state index contributed by atoms with van der Waals surface area (Å²) in [7, 11) is 0. The van der Waals surface area contributed by atoms with Crippen LogP contribution in [0.3, 0.4) is 0 Å². The van der Waals surface area contributed by atoms with Crippen molar-refractivity contribution in [1.29, 1.82) is 0 Å². The highest BCUT2D eigenvalue weighted by Gasteiger charge is 2.30. The Kier molecular flexibility index (Phi) is 14.0. The summed E-state index contributed by atoms with van der Waals surface area (Å²) in [5, 5.41) is 10.8. The average molecular weight is 549 g/mol. The Balaban J connectivity index is 0.00000124. The lowest BCUT2D eigenvalue weighted by atomic mass is 9.89. The van der Waals surface area contributed by atoms with Gasteiger partial charge in [0.1, 0.15) is 0 Å². The first-order valence-corrected chi connectivity index (χ1v) is 14.4. The van der Waals surface area contributed by atoms with Gasteiger partial charge in [-0.15, -0.1) is 0 Å². The number of aliphatic hydroxyl groups is 1. The van der Waals surface area contributed by atoms with E-state index in [2.05, 4.69) is 48.4 Å². The second kappa shape index (κ2) is 16.7. The zero-order valence-electron chi connectivity index (χ0n) is 24.1. The standard InChI is InChI=1S/C29H39F3N2O.C3H8O/c1-3-27(34-17-8-12-24(16-18-34)25-11-5-4-9-22(2)19-25)14-7-15-28(35)33-21-23-10-6-13-26(20-23)29(30,31)32;1-3(2)4/h4-6,9-10,13,19-20,24,27H,3,7-8,11-12,14-18,21H2,1-2H3,(H,33,35);3-4H,1-2H3/t24?,27-;/m0./s1. The number of hydrogen-bond donors (Lipinski definition) is 2. The zero-order chi connectivity index (χ0) is 28.8. The molecule has 1 aromatic carbocycles. The van der Waals surface area contributed by atoms with Crippen molar-refractivity contribution in [3.05, 3.63) is 70.8 Å². The molecule has 7 heteroatoms. The molecule has 39 heavy (non-hydrogen) atoms. The van der Waals surface area contributed by atoms with Crippen LogP contribution in [0.4, 0.5) is 13.2 Å². The summed E-state index contributed by atoms with van der Waals surface area (Å²) in [4.78, 5) is 14.9. The molecule has 1 amide bonds. The Hall–Kier alpha value is -2.38. The highest BCUT2D eigenvalue weighted by molar-refractivity contribution is 5.75. The normalized spacial score (nSPS) is 19.3. The number of nitrogens with zero attached hydrogens (tertiary/aromatic N) is 1. The van der Waals surface area contributed by atoms with E-state index in [0.717, 1.165) is 50.9 Å². The van der Waals surface area contributed by atoms with E-state index in [-0.39, 0.29) is 18.6 Å². The van der Waals surface area contributed by atoms with Gasteiger partial charge >= 0.3 is 6.18 Å². The minimum atomic E-state index is -4.37. The topological polar surface area (TPSA) is 52.6 Å².